The number of rotatable bonds is 1. The quantitative estimate of drug-likeness (QED) is 0.716. The highest BCUT2D eigenvalue weighted by Crippen LogP contribution is 2.44. The average Bonchev–Trinajstić information content (AvgIpc) is 2.37. The van der Waals surface area contributed by atoms with Crippen molar-refractivity contribution in [1.82, 2.24) is 0 Å². The van der Waals surface area contributed by atoms with Crippen molar-refractivity contribution in [2.75, 3.05) is 0 Å². The number of aromatic hydroxyl groups is 1. The highest BCUT2D eigenvalue weighted by molar-refractivity contribution is 5.72. The smallest absolute Gasteiger partial charge is 0.119 e. The van der Waals surface area contributed by atoms with Gasteiger partial charge in [0.15, 0.2) is 0 Å². The van der Waals surface area contributed by atoms with Gasteiger partial charge in [-0.3, -0.25) is 0 Å². The molecule has 112 valence electrons. The normalized spacial score (nSPS) is 12.5. The SMILES string of the molecule is CC(C)(C)c1c(O)ccc(-c2ccccc2)c1C(C)(C)C. The van der Waals surface area contributed by atoms with Crippen molar-refractivity contribution in [1.29, 1.82) is 0 Å². The summed E-state index contributed by atoms with van der Waals surface area (Å²) in [5.74, 6) is 0.395. The monoisotopic (exact) mass is 282 g/mol. The molecule has 0 fully saturated rings. The van der Waals surface area contributed by atoms with Gasteiger partial charge in [-0.2, -0.15) is 0 Å². The fraction of sp³-hybridized carbons (Fsp3) is 0.400. The lowest BCUT2D eigenvalue weighted by Crippen LogP contribution is -2.23. The molecule has 0 saturated carbocycles. The first-order chi connectivity index (χ1) is 9.62. The van der Waals surface area contributed by atoms with E-state index in [0.717, 1.165) is 5.56 Å². The van der Waals surface area contributed by atoms with Gasteiger partial charge in [-0.05, 0) is 33.6 Å². The van der Waals surface area contributed by atoms with E-state index in [1.807, 2.05) is 18.2 Å². The fourth-order valence-electron chi connectivity index (χ4n) is 2.99. The first-order valence-corrected chi connectivity index (χ1v) is 7.54. The Balaban J connectivity index is 2.85. The minimum absolute atomic E-state index is 0.0352. The molecule has 0 aliphatic carbocycles. The zero-order valence-electron chi connectivity index (χ0n) is 14.0. The number of hydrogen-bond acceptors (Lipinski definition) is 1. The minimum Gasteiger partial charge on any atom is -0.508 e. The van der Waals surface area contributed by atoms with Crippen molar-refractivity contribution in [3.8, 4) is 16.9 Å². The van der Waals surface area contributed by atoms with Crippen LogP contribution in [0.3, 0.4) is 0 Å². The van der Waals surface area contributed by atoms with Gasteiger partial charge >= 0.3 is 0 Å². The van der Waals surface area contributed by atoms with Crippen LogP contribution in [0.4, 0.5) is 0 Å². The van der Waals surface area contributed by atoms with E-state index in [-0.39, 0.29) is 10.8 Å². The molecule has 2 aromatic rings. The van der Waals surface area contributed by atoms with Crippen molar-refractivity contribution >= 4 is 0 Å². The third kappa shape index (κ3) is 3.12. The summed E-state index contributed by atoms with van der Waals surface area (Å²) in [6.45, 7) is 13.1. The Hall–Kier alpha value is -1.76. The van der Waals surface area contributed by atoms with Crippen LogP contribution in [-0.4, -0.2) is 5.11 Å². The first-order valence-electron chi connectivity index (χ1n) is 7.54. The van der Waals surface area contributed by atoms with Gasteiger partial charge in [0.25, 0.3) is 0 Å². The summed E-state index contributed by atoms with van der Waals surface area (Å²) in [5.41, 5.74) is 4.57. The van der Waals surface area contributed by atoms with Crippen molar-refractivity contribution in [2.45, 2.75) is 52.4 Å². The second-order valence-corrected chi connectivity index (χ2v) is 7.75. The Morgan fingerprint density at radius 1 is 0.667 bits per heavy atom. The molecule has 21 heavy (non-hydrogen) atoms. The van der Waals surface area contributed by atoms with Crippen molar-refractivity contribution in [3.05, 3.63) is 53.6 Å². The van der Waals surface area contributed by atoms with E-state index < -0.39 is 0 Å². The zero-order valence-corrected chi connectivity index (χ0v) is 14.0. The third-order valence-electron chi connectivity index (χ3n) is 3.77. The van der Waals surface area contributed by atoms with E-state index in [2.05, 4.69) is 65.8 Å². The molecule has 0 aliphatic heterocycles. The lowest BCUT2D eigenvalue weighted by atomic mass is 9.72. The minimum atomic E-state index is -0.0997. The summed E-state index contributed by atoms with van der Waals surface area (Å²) in [6, 6.07) is 14.3. The number of hydrogen-bond donors (Lipinski definition) is 1. The maximum Gasteiger partial charge on any atom is 0.119 e. The molecule has 1 N–H and O–H groups in total. The van der Waals surface area contributed by atoms with Gasteiger partial charge in [-0.1, -0.05) is 77.9 Å². The molecule has 0 bridgehead atoms. The Morgan fingerprint density at radius 3 is 1.67 bits per heavy atom. The van der Waals surface area contributed by atoms with E-state index in [4.69, 9.17) is 0 Å². The molecular weight excluding hydrogens is 256 g/mol. The van der Waals surface area contributed by atoms with Crippen LogP contribution in [-0.2, 0) is 10.8 Å². The first kappa shape index (κ1) is 15.6. The van der Waals surface area contributed by atoms with Gasteiger partial charge in [-0.15, -0.1) is 0 Å². The Kier molecular flexibility index (Phi) is 3.88. The average molecular weight is 282 g/mol. The van der Waals surface area contributed by atoms with E-state index in [1.165, 1.54) is 16.7 Å². The lowest BCUT2D eigenvalue weighted by Gasteiger charge is -2.33. The van der Waals surface area contributed by atoms with Gasteiger partial charge in [-0.25, -0.2) is 0 Å². The van der Waals surface area contributed by atoms with Crippen molar-refractivity contribution in [3.63, 3.8) is 0 Å². The van der Waals surface area contributed by atoms with Gasteiger partial charge in [0.05, 0.1) is 0 Å². The Morgan fingerprint density at radius 2 is 1.19 bits per heavy atom. The zero-order chi connectivity index (χ0) is 15.8. The van der Waals surface area contributed by atoms with Crippen LogP contribution in [0.5, 0.6) is 5.75 Å². The highest BCUT2D eigenvalue weighted by atomic mass is 16.3. The molecule has 1 heteroatoms. The summed E-state index contributed by atoms with van der Waals surface area (Å²) < 4.78 is 0. The van der Waals surface area contributed by atoms with Crippen LogP contribution in [0.25, 0.3) is 11.1 Å². The maximum absolute atomic E-state index is 10.5. The van der Waals surface area contributed by atoms with E-state index in [1.54, 1.807) is 0 Å². The molecule has 1 nitrogen and oxygen atoms in total. The molecule has 0 amide bonds. The van der Waals surface area contributed by atoms with E-state index in [9.17, 15) is 5.11 Å². The van der Waals surface area contributed by atoms with Crippen molar-refractivity contribution < 1.29 is 5.11 Å². The Labute approximate surface area is 128 Å². The third-order valence-corrected chi connectivity index (χ3v) is 3.77. The molecule has 0 atom stereocenters. The molecule has 2 rings (SSSR count). The number of phenolic OH excluding ortho intramolecular Hbond substituents is 1. The molecule has 0 aliphatic rings. The molecule has 2 aromatic carbocycles. The van der Waals surface area contributed by atoms with Crippen LogP contribution in [0.2, 0.25) is 0 Å². The molecule has 0 saturated heterocycles. The fourth-order valence-corrected chi connectivity index (χ4v) is 2.99. The molecule has 0 radical (unpaired) electrons. The van der Waals surface area contributed by atoms with E-state index >= 15 is 0 Å². The Bertz CT molecular complexity index is 625. The molecule has 0 aromatic heterocycles. The van der Waals surface area contributed by atoms with Gasteiger partial charge < -0.3 is 5.11 Å². The van der Waals surface area contributed by atoms with Crippen LogP contribution >= 0.6 is 0 Å². The lowest BCUT2D eigenvalue weighted by molar-refractivity contribution is 0.436. The van der Waals surface area contributed by atoms with Gasteiger partial charge in [0.2, 0.25) is 0 Å². The molecular formula is C20H26O. The molecule has 0 unspecified atom stereocenters. The predicted octanol–water partition coefficient (Wildman–Crippen LogP) is 5.65. The predicted molar refractivity (Wildman–Crippen MR) is 90.9 cm³/mol. The van der Waals surface area contributed by atoms with Crippen LogP contribution < -0.4 is 0 Å². The van der Waals surface area contributed by atoms with Crippen LogP contribution in [0, 0.1) is 0 Å². The largest absolute Gasteiger partial charge is 0.508 e. The van der Waals surface area contributed by atoms with Gasteiger partial charge in [0, 0.05) is 5.56 Å². The topological polar surface area (TPSA) is 20.2 Å². The van der Waals surface area contributed by atoms with Crippen LogP contribution in [0.1, 0.15) is 52.7 Å². The summed E-state index contributed by atoms with van der Waals surface area (Å²) in [5, 5.41) is 10.5. The number of phenols is 1. The molecule has 0 spiro atoms. The summed E-state index contributed by atoms with van der Waals surface area (Å²) in [6.07, 6.45) is 0. The summed E-state index contributed by atoms with van der Waals surface area (Å²) in [4.78, 5) is 0. The maximum atomic E-state index is 10.5. The van der Waals surface area contributed by atoms with Gasteiger partial charge in [0.1, 0.15) is 5.75 Å². The molecule has 0 heterocycles. The van der Waals surface area contributed by atoms with Crippen LogP contribution in [0.15, 0.2) is 42.5 Å². The second-order valence-electron chi connectivity index (χ2n) is 7.75. The summed E-state index contributed by atoms with van der Waals surface area (Å²) in [7, 11) is 0. The van der Waals surface area contributed by atoms with E-state index in [0.29, 0.717) is 5.75 Å². The standard InChI is InChI=1S/C20H26O/c1-19(2,3)17-15(14-10-8-7-9-11-14)12-13-16(21)18(17)20(4,5)6/h7-13,21H,1-6H3. The number of benzene rings is 2. The summed E-state index contributed by atoms with van der Waals surface area (Å²) >= 11 is 0. The van der Waals surface area contributed by atoms with Crippen molar-refractivity contribution in [2.24, 2.45) is 0 Å². The highest BCUT2D eigenvalue weighted by Gasteiger charge is 2.30. The second kappa shape index (κ2) is 5.22.